The summed E-state index contributed by atoms with van der Waals surface area (Å²) in [6, 6.07) is 6.99. The van der Waals surface area contributed by atoms with Gasteiger partial charge in [0.25, 0.3) is 0 Å². The van der Waals surface area contributed by atoms with E-state index in [0.29, 0.717) is 12.3 Å². The van der Waals surface area contributed by atoms with E-state index in [1.807, 2.05) is 0 Å². The minimum Gasteiger partial charge on any atom is -0.309 e. The van der Waals surface area contributed by atoms with Crippen LogP contribution in [0.15, 0.2) is 18.2 Å². The van der Waals surface area contributed by atoms with Crippen molar-refractivity contribution in [1.82, 2.24) is 5.32 Å². The molecule has 4 heteroatoms. The Morgan fingerprint density at radius 1 is 1.19 bits per heavy atom. The largest absolute Gasteiger partial charge is 0.309 e. The summed E-state index contributed by atoms with van der Waals surface area (Å²) in [6.07, 6.45) is 6.62. The average molecular weight is 307 g/mol. The van der Waals surface area contributed by atoms with Gasteiger partial charge in [0, 0.05) is 12.6 Å². The SMILES string of the molecule is CC(NCC1CCCS1(=O)=O)c1ccc2c(c1)CCCC2. The highest BCUT2D eigenvalue weighted by molar-refractivity contribution is 7.92. The van der Waals surface area contributed by atoms with Crippen molar-refractivity contribution in [3.05, 3.63) is 34.9 Å². The number of sulfone groups is 1. The quantitative estimate of drug-likeness (QED) is 0.930. The highest BCUT2D eigenvalue weighted by Gasteiger charge is 2.31. The average Bonchev–Trinajstić information content (AvgIpc) is 2.83. The predicted octanol–water partition coefficient (Wildman–Crippen LogP) is 2.79. The van der Waals surface area contributed by atoms with Crippen molar-refractivity contribution in [1.29, 1.82) is 0 Å². The lowest BCUT2D eigenvalue weighted by molar-refractivity contribution is 0.537. The van der Waals surface area contributed by atoms with Crippen LogP contribution >= 0.6 is 0 Å². The molecule has 0 radical (unpaired) electrons. The molecule has 2 unspecified atom stereocenters. The zero-order valence-electron chi connectivity index (χ0n) is 12.8. The Morgan fingerprint density at radius 2 is 1.95 bits per heavy atom. The molecule has 1 aliphatic carbocycles. The first-order valence-electron chi connectivity index (χ1n) is 8.13. The highest BCUT2D eigenvalue weighted by Crippen LogP contribution is 2.25. The van der Waals surface area contributed by atoms with Crippen LogP contribution in [0, 0.1) is 0 Å². The Morgan fingerprint density at radius 3 is 2.67 bits per heavy atom. The van der Waals surface area contributed by atoms with E-state index in [2.05, 4.69) is 30.4 Å². The van der Waals surface area contributed by atoms with Gasteiger partial charge in [-0.3, -0.25) is 0 Å². The maximum atomic E-state index is 11.9. The van der Waals surface area contributed by atoms with Gasteiger partial charge in [0.05, 0.1) is 11.0 Å². The second kappa shape index (κ2) is 6.09. The highest BCUT2D eigenvalue weighted by atomic mass is 32.2. The molecule has 0 bridgehead atoms. The number of benzene rings is 1. The Balaban J connectivity index is 1.64. The van der Waals surface area contributed by atoms with Gasteiger partial charge in [-0.05, 0) is 62.1 Å². The smallest absolute Gasteiger partial charge is 0.154 e. The molecule has 1 saturated heterocycles. The molecule has 0 aromatic heterocycles. The Kier molecular flexibility index (Phi) is 4.36. The second-order valence-electron chi connectivity index (χ2n) is 6.50. The molecule has 0 spiro atoms. The Hall–Kier alpha value is -0.870. The molecule has 2 atom stereocenters. The van der Waals surface area contributed by atoms with Crippen LogP contribution in [0.25, 0.3) is 0 Å². The summed E-state index contributed by atoms with van der Waals surface area (Å²) < 4.78 is 23.7. The number of fused-ring (bicyclic) bond motifs is 1. The van der Waals surface area contributed by atoms with Crippen LogP contribution in [0.4, 0.5) is 0 Å². The molecule has 1 aromatic carbocycles. The monoisotopic (exact) mass is 307 g/mol. The van der Waals surface area contributed by atoms with Crippen molar-refractivity contribution in [2.45, 2.75) is 56.7 Å². The molecule has 1 fully saturated rings. The molecule has 3 rings (SSSR count). The van der Waals surface area contributed by atoms with Crippen molar-refractivity contribution >= 4 is 9.84 Å². The molecule has 1 N–H and O–H groups in total. The Labute approximate surface area is 128 Å². The van der Waals surface area contributed by atoms with Crippen molar-refractivity contribution in [3.63, 3.8) is 0 Å². The van der Waals surface area contributed by atoms with E-state index >= 15 is 0 Å². The third-order valence-corrected chi connectivity index (χ3v) is 7.26. The van der Waals surface area contributed by atoms with Gasteiger partial charge < -0.3 is 5.32 Å². The summed E-state index contributed by atoms with van der Waals surface area (Å²) in [5, 5.41) is 3.24. The first-order valence-corrected chi connectivity index (χ1v) is 9.84. The number of aryl methyl sites for hydroxylation is 2. The molecule has 1 aromatic rings. The summed E-state index contributed by atoms with van der Waals surface area (Å²) in [4.78, 5) is 0. The van der Waals surface area contributed by atoms with E-state index in [4.69, 9.17) is 0 Å². The van der Waals surface area contributed by atoms with Crippen LogP contribution in [-0.2, 0) is 22.7 Å². The number of rotatable bonds is 4. The summed E-state index contributed by atoms with van der Waals surface area (Å²) in [5.74, 6) is 0.368. The lowest BCUT2D eigenvalue weighted by Crippen LogP contribution is -2.32. The maximum Gasteiger partial charge on any atom is 0.154 e. The molecular weight excluding hydrogens is 282 g/mol. The standard InChI is InChI=1S/C17H25NO2S/c1-13(18-12-17-7-4-10-21(17,19)20)15-9-8-14-5-2-3-6-16(14)11-15/h8-9,11,13,17-18H,2-7,10,12H2,1H3. The van der Waals surface area contributed by atoms with Crippen LogP contribution in [-0.4, -0.2) is 26.0 Å². The number of nitrogens with one attached hydrogen (secondary N) is 1. The summed E-state index contributed by atoms with van der Waals surface area (Å²) >= 11 is 0. The lowest BCUT2D eigenvalue weighted by atomic mass is 9.89. The van der Waals surface area contributed by atoms with Crippen LogP contribution < -0.4 is 5.32 Å². The fourth-order valence-corrected chi connectivity index (χ4v) is 5.31. The van der Waals surface area contributed by atoms with Crippen molar-refractivity contribution in [2.24, 2.45) is 0 Å². The molecule has 1 heterocycles. The van der Waals surface area contributed by atoms with Gasteiger partial charge in [-0.15, -0.1) is 0 Å². The summed E-state index contributed by atoms with van der Waals surface area (Å²) in [6.45, 7) is 2.71. The van der Waals surface area contributed by atoms with Crippen molar-refractivity contribution in [3.8, 4) is 0 Å². The molecule has 0 amide bonds. The zero-order chi connectivity index (χ0) is 14.9. The van der Waals surface area contributed by atoms with Gasteiger partial charge in [0.2, 0.25) is 0 Å². The fourth-order valence-electron chi connectivity index (χ4n) is 3.54. The normalized spacial score (nSPS) is 25.5. The van der Waals surface area contributed by atoms with E-state index in [-0.39, 0.29) is 11.3 Å². The number of hydrogen-bond donors (Lipinski definition) is 1. The van der Waals surface area contributed by atoms with E-state index in [0.717, 1.165) is 12.8 Å². The van der Waals surface area contributed by atoms with Gasteiger partial charge in [-0.1, -0.05) is 18.2 Å². The lowest BCUT2D eigenvalue weighted by Gasteiger charge is -2.21. The van der Waals surface area contributed by atoms with Crippen LogP contribution in [0.5, 0.6) is 0 Å². The molecule has 0 saturated carbocycles. The minimum atomic E-state index is -2.84. The van der Waals surface area contributed by atoms with Crippen LogP contribution in [0.1, 0.15) is 55.3 Å². The van der Waals surface area contributed by atoms with Gasteiger partial charge in [0.1, 0.15) is 0 Å². The topological polar surface area (TPSA) is 46.2 Å². The van der Waals surface area contributed by atoms with Gasteiger partial charge in [0.15, 0.2) is 9.84 Å². The molecule has 116 valence electrons. The minimum absolute atomic E-state index is 0.183. The third kappa shape index (κ3) is 3.32. The fraction of sp³-hybridized carbons (Fsp3) is 0.647. The number of hydrogen-bond acceptors (Lipinski definition) is 3. The molecule has 1 aliphatic heterocycles. The van der Waals surface area contributed by atoms with Crippen molar-refractivity contribution in [2.75, 3.05) is 12.3 Å². The van der Waals surface area contributed by atoms with Crippen LogP contribution in [0.2, 0.25) is 0 Å². The van der Waals surface area contributed by atoms with Crippen LogP contribution in [0.3, 0.4) is 0 Å². The molecule has 21 heavy (non-hydrogen) atoms. The maximum absolute atomic E-state index is 11.9. The second-order valence-corrected chi connectivity index (χ2v) is 8.90. The molecule has 2 aliphatic rings. The van der Waals surface area contributed by atoms with Gasteiger partial charge >= 0.3 is 0 Å². The Bertz CT molecular complexity index is 609. The summed E-state index contributed by atoms with van der Waals surface area (Å²) in [7, 11) is -2.84. The molecular formula is C17H25NO2S. The van der Waals surface area contributed by atoms with Gasteiger partial charge in [-0.2, -0.15) is 0 Å². The third-order valence-electron chi connectivity index (χ3n) is 4.99. The first-order chi connectivity index (χ1) is 10.1. The van der Waals surface area contributed by atoms with E-state index in [1.165, 1.54) is 42.4 Å². The van der Waals surface area contributed by atoms with E-state index in [1.54, 1.807) is 0 Å². The zero-order valence-corrected chi connectivity index (χ0v) is 13.6. The van der Waals surface area contributed by atoms with E-state index in [9.17, 15) is 8.42 Å². The van der Waals surface area contributed by atoms with Crippen molar-refractivity contribution < 1.29 is 8.42 Å². The van der Waals surface area contributed by atoms with Gasteiger partial charge in [-0.25, -0.2) is 8.42 Å². The first kappa shape index (κ1) is 15.0. The predicted molar refractivity (Wildman–Crippen MR) is 86.3 cm³/mol. The summed E-state index contributed by atoms with van der Waals surface area (Å²) in [5.41, 5.74) is 4.27. The van der Waals surface area contributed by atoms with E-state index < -0.39 is 9.84 Å². The molecule has 3 nitrogen and oxygen atoms in total.